The van der Waals surface area contributed by atoms with Gasteiger partial charge in [0, 0.05) is 0 Å². The second-order valence-corrected chi connectivity index (χ2v) is 10.5. The van der Waals surface area contributed by atoms with Crippen molar-refractivity contribution in [3.63, 3.8) is 0 Å². The van der Waals surface area contributed by atoms with Gasteiger partial charge in [0.1, 0.15) is 0 Å². The number of hydrogen-bond acceptors (Lipinski definition) is 4. The average molecular weight is 446 g/mol. The summed E-state index contributed by atoms with van der Waals surface area (Å²) in [5.41, 5.74) is 7.10. The number of nitrogen functional groups attached to an aromatic ring is 1. The van der Waals surface area contributed by atoms with E-state index in [0.29, 0.717) is 45.7 Å². The minimum atomic E-state index is -1.85. The van der Waals surface area contributed by atoms with Crippen LogP contribution >= 0.6 is 0 Å². The topological polar surface area (TPSA) is 86.7 Å². The zero-order valence-electron chi connectivity index (χ0n) is 14.2. The van der Waals surface area contributed by atoms with Crippen LogP contribution in [-0.2, 0) is 0 Å². The van der Waals surface area contributed by atoms with E-state index in [1.807, 2.05) is 0 Å². The summed E-state index contributed by atoms with van der Waals surface area (Å²) in [6.45, 7) is 0. The van der Waals surface area contributed by atoms with Crippen molar-refractivity contribution in [1.82, 2.24) is 0 Å². The van der Waals surface area contributed by atoms with Gasteiger partial charge in [-0.2, -0.15) is 0 Å². The van der Waals surface area contributed by atoms with Gasteiger partial charge in [0.15, 0.2) is 0 Å². The molecule has 0 bridgehead atoms. The predicted octanol–water partition coefficient (Wildman–Crippen LogP) is -0.918. The number of aliphatic hydroxyl groups excluding tert-OH is 1. The average Bonchev–Trinajstić information content (AvgIpc) is 2.55. The number of benzene rings is 1. The standard InChI is InChI=1S/C19H29INO3/c1-20-15-6-2-12(3-7-15)14-10-17(22)18(19(23,24)11-14)13-4-8-16(21)9-5-13/h4-5,8-9,12,14-15,17-18,22-24H,2-3,6-7,10-11,21H2,1H3/q-1. The maximum absolute atomic E-state index is 10.7. The van der Waals surface area contributed by atoms with Crippen molar-refractivity contribution in [2.75, 3.05) is 10.7 Å². The molecule has 0 saturated heterocycles. The van der Waals surface area contributed by atoms with E-state index in [2.05, 4.69) is 4.93 Å². The monoisotopic (exact) mass is 446 g/mol. The van der Waals surface area contributed by atoms with Crippen LogP contribution in [0.15, 0.2) is 24.3 Å². The molecule has 2 saturated carbocycles. The Morgan fingerprint density at radius 3 is 2.21 bits per heavy atom. The molecule has 0 spiro atoms. The number of hydrogen-bond donors (Lipinski definition) is 4. The van der Waals surface area contributed by atoms with Crippen molar-refractivity contribution in [3.05, 3.63) is 29.8 Å². The number of nitrogens with two attached hydrogens (primary N) is 1. The quantitative estimate of drug-likeness (QED) is 0.210. The molecule has 0 aliphatic heterocycles. The number of aliphatic hydroxyl groups is 3. The van der Waals surface area contributed by atoms with Gasteiger partial charge < -0.3 is 5.73 Å². The summed E-state index contributed by atoms with van der Waals surface area (Å²) in [5.74, 6) is -1.78. The fourth-order valence-electron chi connectivity index (χ4n) is 4.67. The van der Waals surface area contributed by atoms with E-state index in [4.69, 9.17) is 5.73 Å². The molecule has 3 rings (SSSR count). The second kappa shape index (κ2) is 7.48. The van der Waals surface area contributed by atoms with Gasteiger partial charge in [0.2, 0.25) is 0 Å². The number of rotatable bonds is 3. The summed E-state index contributed by atoms with van der Waals surface area (Å²) in [6, 6.07) is 7.08. The maximum atomic E-state index is 10.7. The van der Waals surface area contributed by atoms with Crippen molar-refractivity contribution < 1.29 is 36.5 Å². The van der Waals surface area contributed by atoms with Gasteiger partial charge in [0.05, 0.1) is 0 Å². The SMILES string of the molecule is C[I-]C1CCC(C2CC(O)C(c3ccc(N)cc3)C(O)(O)C2)CC1. The first-order chi connectivity index (χ1) is 11.4. The molecule has 5 heteroatoms. The van der Waals surface area contributed by atoms with Crippen molar-refractivity contribution in [1.29, 1.82) is 0 Å². The summed E-state index contributed by atoms with van der Waals surface area (Å²) in [5, 5.41) is 32.1. The minimum absolute atomic E-state index is 0.205. The molecule has 5 N–H and O–H groups in total. The summed E-state index contributed by atoms with van der Waals surface area (Å²) < 4.78 is 0.934. The molecule has 1 aromatic carbocycles. The van der Waals surface area contributed by atoms with Crippen LogP contribution in [0.3, 0.4) is 0 Å². The van der Waals surface area contributed by atoms with Crippen molar-refractivity contribution in [2.45, 2.75) is 60.3 Å². The molecular weight excluding hydrogens is 417 g/mol. The summed E-state index contributed by atoms with van der Waals surface area (Å²) >= 11 is 0.321. The van der Waals surface area contributed by atoms with Gasteiger partial charge >= 0.3 is 149 Å². The van der Waals surface area contributed by atoms with Crippen LogP contribution in [0.2, 0.25) is 0 Å². The van der Waals surface area contributed by atoms with Gasteiger partial charge in [-0.05, 0) is 0 Å². The molecule has 2 aliphatic carbocycles. The Morgan fingerprint density at radius 1 is 1.04 bits per heavy atom. The van der Waals surface area contributed by atoms with E-state index in [1.54, 1.807) is 24.3 Å². The van der Waals surface area contributed by atoms with Gasteiger partial charge in [0.25, 0.3) is 0 Å². The van der Waals surface area contributed by atoms with E-state index in [-0.39, 0.29) is 5.92 Å². The summed E-state index contributed by atoms with van der Waals surface area (Å²) in [4.78, 5) is 2.36. The van der Waals surface area contributed by atoms with Gasteiger partial charge in [-0.1, -0.05) is 0 Å². The molecule has 0 amide bonds. The van der Waals surface area contributed by atoms with Crippen LogP contribution in [0.25, 0.3) is 0 Å². The third kappa shape index (κ3) is 3.89. The van der Waals surface area contributed by atoms with E-state index in [0.717, 1.165) is 9.49 Å². The molecule has 1 aromatic rings. The third-order valence-corrected chi connectivity index (χ3v) is 8.97. The fourth-order valence-corrected chi connectivity index (χ4v) is 6.64. The molecule has 3 atom stereocenters. The van der Waals surface area contributed by atoms with Crippen LogP contribution < -0.4 is 26.9 Å². The van der Waals surface area contributed by atoms with Crippen LogP contribution in [0.5, 0.6) is 0 Å². The summed E-state index contributed by atoms with van der Waals surface area (Å²) in [7, 11) is 0. The zero-order valence-corrected chi connectivity index (χ0v) is 16.4. The normalized spacial score (nSPS) is 36.6. The first-order valence-electron chi connectivity index (χ1n) is 8.87. The van der Waals surface area contributed by atoms with E-state index in [9.17, 15) is 15.3 Å². The van der Waals surface area contributed by atoms with Gasteiger partial charge in [-0.15, -0.1) is 0 Å². The Balaban J connectivity index is 1.71. The fraction of sp³-hybridized carbons (Fsp3) is 0.684. The van der Waals surface area contributed by atoms with Crippen molar-refractivity contribution >= 4 is 5.69 Å². The summed E-state index contributed by atoms with van der Waals surface area (Å²) in [6.07, 6.45) is 5.22. The van der Waals surface area contributed by atoms with E-state index < -0.39 is 17.8 Å². The molecule has 3 unspecified atom stereocenters. The first-order valence-corrected chi connectivity index (χ1v) is 12.3. The number of halogens is 1. The first kappa shape index (κ1) is 18.4. The number of anilines is 1. The van der Waals surface area contributed by atoms with Crippen LogP contribution in [0.1, 0.15) is 50.0 Å². The Hall–Kier alpha value is -0.370. The van der Waals surface area contributed by atoms with Crippen molar-refractivity contribution in [2.24, 2.45) is 11.8 Å². The Labute approximate surface area is 154 Å². The van der Waals surface area contributed by atoms with Gasteiger partial charge in [-0.25, -0.2) is 0 Å². The van der Waals surface area contributed by atoms with Crippen LogP contribution in [0.4, 0.5) is 5.69 Å². The predicted molar refractivity (Wildman–Crippen MR) is 91.2 cm³/mol. The van der Waals surface area contributed by atoms with Crippen LogP contribution in [-0.4, -0.2) is 36.1 Å². The van der Waals surface area contributed by atoms with Crippen molar-refractivity contribution in [3.8, 4) is 0 Å². The second-order valence-electron chi connectivity index (χ2n) is 7.52. The Morgan fingerprint density at radius 2 is 1.67 bits per heavy atom. The zero-order chi connectivity index (χ0) is 17.3. The Kier molecular flexibility index (Phi) is 5.74. The molecule has 0 aromatic heterocycles. The van der Waals surface area contributed by atoms with E-state index >= 15 is 0 Å². The van der Waals surface area contributed by atoms with Gasteiger partial charge in [-0.3, -0.25) is 0 Å². The molecule has 136 valence electrons. The number of alkyl halides is 2. The molecule has 2 fully saturated rings. The molecule has 24 heavy (non-hydrogen) atoms. The molecule has 0 radical (unpaired) electrons. The molecule has 2 aliphatic rings. The molecule has 4 nitrogen and oxygen atoms in total. The van der Waals surface area contributed by atoms with E-state index in [1.165, 1.54) is 25.7 Å². The molecular formula is C19H29INO3-. The Bertz CT molecular complexity index is 540. The molecule has 0 heterocycles. The van der Waals surface area contributed by atoms with Crippen LogP contribution in [0, 0.1) is 11.8 Å². The third-order valence-electron chi connectivity index (χ3n) is 5.96.